The second kappa shape index (κ2) is 7.49. The number of carbonyl (C=O) groups excluding carboxylic acids is 1. The third-order valence-corrected chi connectivity index (χ3v) is 3.39. The van der Waals surface area contributed by atoms with Crippen molar-refractivity contribution in [2.75, 3.05) is 26.2 Å². The molecule has 1 fully saturated rings. The molecule has 0 aromatic carbocycles. The Balaban J connectivity index is 2.52. The van der Waals surface area contributed by atoms with E-state index in [1.54, 1.807) is 0 Å². The largest absolute Gasteiger partial charge is 0.339 e. The Hall–Kier alpha value is -0.830. The molecule has 0 aliphatic carbocycles. The van der Waals surface area contributed by atoms with Crippen molar-refractivity contribution in [1.29, 1.82) is 0 Å². The molecule has 1 N–H and O–H groups in total. The van der Waals surface area contributed by atoms with Gasteiger partial charge in [-0.15, -0.1) is 0 Å². The summed E-state index contributed by atoms with van der Waals surface area (Å²) in [7, 11) is 0. The van der Waals surface area contributed by atoms with Gasteiger partial charge in [0.15, 0.2) is 0 Å². The van der Waals surface area contributed by atoms with E-state index in [9.17, 15) is 4.79 Å². The Morgan fingerprint density at radius 3 is 2.76 bits per heavy atom. The lowest BCUT2D eigenvalue weighted by Crippen LogP contribution is -2.41. The molecule has 3 heteroatoms. The maximum absolute atomic E-state index is 12.2. The normalized spacial score (nSPS) is 21.4. The van der Waals surface area contributed by atoms with Gasteiger partial charge in [-0.2, -0.15) is 0 Å². The molecule has 0 aromatic heterocycles. The van der Waals surface area contributed by atoms with Crippen LogP contribution >= 0.6 is 0 Å². The maximum atomic E-state index is 12.2. The quantitative estimate of drug-likeness (QED) is 0.745. The lowest BCUT2D eigenvalue weighted by Gasteiger charge is -2.29. The van der Waals surface area contributed by atoms with E-state index in [0.29, 0.717) is 5.92 Å². The van der Waals surface area contributed by atoms with Gasteiger partial charge in [-0.05, 0) is 52.1 Å². The molecule has 0 bridgehead atoms. The van der Waals surface area contributed by atoms with E-state index in [0.717, 1.165) is 38.2 Å². The standard InChI is InChI=1S/C14H26N2O/c1-4-7-12(3)14(17)16(5-2)11-13-8-6-9-15-10-13/h7,13,15H,4-6,8-11H2,1-3H3/b12-7-. The molecule has 0 spiro atoms. The number of rotatable bonds is 5. The van der Waals surface area contributed by atoms with Crippen molar-refractivity contribution in [3.8, 4) is 0 Å². The molecule has 1 heterocycles. The average Bonchev–Trinajstić information content (AvgIpc) is 2.36. The minimum absolute atomic E-state index is 0.208. The summed E-state index contributed by atoms with van der Waals surface area (Å²) in [5, 5.41) is 3.41. The highest BCUT2D eigenvalue weighted by Gasteiger charge is 2.20. The first-order valence-corrected chi connectivity index (χ1v) is 6.85. The SMILES string of the molecule is CC/C=C(/C)C(=O)N(CC)CC1CCCNC1. The van der Waals surface area contributed by atoms with Crippen molar-refractivity contribution in [2.24, 2.45) is 5.92 Å². The smallest absolute Gasteiger partial charge is 0.249 e. The number of allylic oxidation sites excluding steroid dienone is 1. The third kappa shape index (κ3) is 4.50. The summed E-state index contributed by atoms with van der Waals surface area (Å²) in [6, 6.07) is 0. The minimum atomic E-state index is 0.208. The van der Waals surface area contributed by atoms with Crippen LogP contribution in [0.1, 0.15) is 40.0 Å². The van der Waals surface area contributed by atoms with Gasteiger partial charge in [0.2, 0.25) is 5.91 Å². The first-order chi connectivity index (χ1) is 8.19. The number of amides is 1. The van der Waals surface area contributed by atoms with Crippen molar-refractivity contribution in [3.63, 3.8) is 0 Å². The van der Waals surface area contributed by atoms with E-state index >= 15 is 0 Å². The zero-order chi connectivity index (χ0) is 12.7. The van der Waals surface area contributed by atoms with Crippen molar-refractivity contribution < 1.29 is 4.79 Å². The predicted molar refractivity (Wildman–Crippen MR) is 71.9 cm³/mol. The van der Waals surface area contributed by atoms with Crippen molar-refractivity contribution in [1.82, 2.24) is 10.2 Å². The van der Waals surface area contributed by atoms with Crippen molar-refractivity contribution >= 4 is 5.91 Å². The van der Waals surface area contributed by atoms with Gasteiger partial charge in [-0.1, -0.05) is 13.0 Å². The van der Waals surface area contributed by atoms with Crippen LogP contribution in [0.25, 0.3) is 0 Å². The van der Waals surface area contributed by atoms with Gasteiger partial charge in [-0.3, -0.25) is 4.79 Å². The highest BCUT2D eigenvalue weighted by molar-refractivity contribution is 5.92. The van der Waals surface area contributed by atoms with Gasteiger partial charge < -0.3 is 10.2 Å². The summed E-state index contributed by atoms with van der Waals surface area (Å²) < 4.78 is 0. The molecule has 1 atom stereocenters. The molecular formula is C14H26N2O. The van der Waals surface area contributed by atoms with Gasteiger partial charge in [0.1, 0.15) is 0 Å². The van der Waals surface area contributed by atoms with Gasteiger partial charge >= 0.3 is 0 Å². The van der Waals surface area contributed by atoms with E-state index in [2.05, 4.69) is 19.2 Å². The molecule has 1 unspecified atom stereocenters. The second-order valence-electron chi connectivity index (χ2n) is 4.85. The first-order valence-electron chi connectivity index (χ1n) is 6.85. The second-order valence-corrected chi connectivity index (χ2v) is 4.85. The Kier molecular flexibility index (Phi) is 6.27. The predicted octanol–water partition coefficient (Wildman–Crippen LogP) is 2.19. The number of nitrogens with zero attached hydrogens (tertiary/aromatic N) is 1. The van der Waals surface area contributed by atoms with Crippen molar-refractivity contribution in [3.05, 3.63) is 11.6 Å². The summed E-state index contributed by atoms with van der Waals surface area (Å²) >= 11 is 0. The highest BCUT2D eigenvalue weighted by Crippen LogP contribution is 2.13. The Bertz CT molecular complexity index is 267. The van der Waals surface area contributed by atoms with Gasteiger partial charge in [-0.25, -0.2) is 0 Å². The number of hydrogen-bond acceptors (Lipinski definition) is 2. The molecule has 1 aliphatic rings. The van der Waals surface area contributed by atoms with E-state index in [-0.39, 0.29) is 5.91 Å². The number of piperidine rings is 1. The van der Waals surface area contributed by atoms with Crippen LogP contribution in [0.5, 0.6) is 0 Å². The molecule has 1 amide bonds. The average molecular weight is 238 g/mol. The van der Waals surface area contributed by atoms with E-state index < -0.39 is 0 Å². The van der Waals surface area contributed by atoms with Crippen LogP contribution in [-0.4, -0.2) is 37.0 Å². The fourth-order valence-electron chi connectivity index (χ4n) is 2.39. The molecule has 3 nitrogen and oxygen atoms in total. The molecular weight excluding hydrogens is 212 g/mol. The fourth-order valence-corrected chi connectivity index (χ4v) is 2.39. The summed E-state index contributed by atoms with van der Waals surface area (Å²) in [6.45, 7) is 9.95. The van der Waals surface area contributed by atoms with Crippen LogP contribution in [0.2, 0.25) is 0 Å². The summed E-state index contributed by atoms with van der Waals surface area (Å²) in [5.41, 5.74) is 0.887. The molecule has 17 heavy (non-hydrogen) atoms. The number of nitrogens with one attached hydrogen (secondary N) is 1. The molecule has 0 saturated carbocycles. The zero-order valence-corrected chi connectivity index (χ0v) is 11.5. The van der Waals surface area contributed by atoms with E-state index in [1.165, 1.54) is 12.8 Å². The molecule has 98 valence electrons. The topological polar surface area (TPSA) is 32.3 Å². The molecule has 1 saturated heterocycles. The lowest BCUT2D eigenvalue weighted by molar-refractivity contribution is -0.127. The van der Waals surface area contributed by atoms with Gasteiger partial charge in [0.25, 0.3) is 0 Å². The Morgan fingerprint density at radius 2 is 2.24 bits per heavy atom. The molecule has 0 aromatic rings. The molecule has 1 aliphatic heterocycles. The zero-order valence-electron chi connectivity index (χ0n) is 11.5. The Labute approximate surface area is 105 Å². The molecule has 0 radical (unpaired) electrons. The number of hydrogen-bond donors (Lipinski definition) is 1. The summed E-state index contributed by atoms with van der Waals surface area (Å²) in [4.78, 5) is 14.2. The van der Waals surface area contributed by atoms with Crippen LogP contribution in [0.15, 0.2) is 11.6 Å². The number of likely N-dealkylation sites (N-methyl/N-ethyl adjacent to an activating group) is 1. The number of carbonyl (C=O) groups is 1. The van der Waals surface area contributed by atoms with Crippen LogP contribution in [0.4, 0.5) is 0 Å². The van der Waals surface area contributed by atoms with Crippen LogP contribution < -0.4 is 5.32 Å². The van der Waals surface area contributed by atoms with E-state index in [1.807, 2.05) is 17.9 Å². The van der Waals surface area contributed by atoms with E-state index in [4.69, 9.17) is 0 Å². The monoisotopic (exact) mass is 238 g/mol. The lowest BCUT2D eigenvalue weighted by atomic mass is 9.99. The Morgan fingerprint density at radius 1 is 1.47 bits per heavy atom. The van der Waals surface area contributed by atoms with Gasteiger partial charge in [0, 0.05) is 18.7 Å². The maximum Gasteiger partial charge on any atom is 0.249 e. The van der Waals surface area contributed by atoms with Crippen molar-refractivity contribution in [2.45, 2.75) is 40.0 Å². The minimum Gasteiger partial charge on any atom is -0.339 e. The van der Waals surface area contributed by atoms with Gasteiger partial charge in [0.05, 0.1) is 0 Å². The third-order valence-electron chi connectivity index (χ3n) is 3.39. The van der Waals surface area contributed by atoms with Crippen LogP contribution in [-0.2, 0) is 4.79 Å². The summed E-state index contributed by atoms with van der Waals surface area (Å²) in [6.07, 6.45) is 5.43. The molecule has 1 rings (SSSR count). The van der Waals surface area contributed by atoms with Crippen LogP contribution in [0.3, 0.4) is 0 Å². The summed E-state index contributed by atoms with van der Waals surface area (Å²) in [5.74, 6) is 0.835. The first kappa shape index (κ1) is 14.2. The fraction of sp³-hybridized carbons (Fsp3) is 0.786. The highest BCUT2D eigenvalue weighted by atomic mass is 16.2. The van der Waals surface area contributed by atoms with Crippen LogP contribution in [0, 0.1) is 5.92 Å².